The Bertz CT molecular complexity index is 1360. The van der Waals surface area contributed by atoms with E-state index in [0.717, 1.165) is 77.0 Å². The van der Waals surface area contributed by atoms with Crippen LogP contribution in [0.25, 0.3) is 0 Å². The van der Waals surface area contributed by atoms with E-state index in [1.807, 2.05) is 33.3 Å². The van der Waals surface area contributed by atoms with Gasteiger partial charge in [0.15, 0.2) is 0 Å². The summed E-state index contributed by atoms with van der Waals surface area (Å²) in [5.74, 6) is -0.510. The number of nitrogens with one attached hydrogen (secondary N) is 1. The Labute approximate surface area is 439 Å². The minimum absolute atomic E-state index is 0.0389. The molecule has 416 valence electrons. The molecule has 9 nitrogen and oxygen atoms in total. The predicted octanol–water partition coefficient (Wildman–Crippen LogP) is 18.1. The van der Waals surface area contributed by atoms with E-state index in [1.54, 1.807) is 0 Å². The van der Waals surface area contributed by atoms with Crippen LogP contribution >= 0.6 is 7.82 Å². The van der Waals surface area contributed by atoms with E-state index in [-0.39, 0.29) is 31.5 Å². The first-order valence-electron chi connectivity index (χ1n) is 30.0. The summed E-state index contributed by atoms with van der Waals surface area (Å²) in [6.45, 7) is 6.98. The Morgan fingerprint density at radius 2 is 0.859 bits per heavy atom. The number of amides is 1. The van der Waals surface area contributed by atoms with E-state index >= 15 is 0 Å². The minimum atomic E-state index is -4.44. The van der Waals surface area contributed by atoms with Crippen molar-refractivity contribution >= 4 is 19.7 Å². The van der Waals surface area contributed by atoms with Crippen LogP contribution in [0.3, 0.4) is 0 Å². The number of esters is 1. The molecule has 0 saturated carbocycles. The van der Waals surface area contributed by atoms with E-state index < -0.39 is 20.0 Å². The number of nitrogens with zero attached hydrogens (tertiary/aromatic N) is 1. The van der Waals surface area contributed by atoms with Crippen LogP contribution in [0, 0.1) is 0 Å². The van der Waals surface area contributed by atoms with E-state index in [9.17, 15) is 19.0 Å². The van der Waals surface area contributed by atoms with Gasteiger partial charge in [0.25, 0.3) is 0 Å². The lowest BCUT2D eigenvalue weighted by Gasteiger charge is -2.27. The van der Waals surface area contributed by atoms with Gasteiger partial charge in [-0.25, -0.2) is 4.57 Å². The first-order chi connectivity index (χ1) is 34.4. The zero-order valence-corrected chi connectivity index (χ0v) is 48.4. The molecule has 0 aromatic heterocycles. The number of phosphoric ester groups is 1. The van der Waals surface area contributed by atoms with Crippen LogP contribution in [0.5, 0.6) is 0 Å². The van der Waals surface area contributed by atoms with Crippen LogP contribution in [-0.4, -0.2) is 74.3 Å². The molecule has 0 aliphatic heterocycles. The van der Waals surface area contributed by atoms with Crippen molar-refractivity contribution < 1.29 is 37.3 Å². The number of carbonyl (C=O) groups is 2. The van der Waals surface area contributed by atoms with E-state index in [4.69, 9.17) is 13.8 Å². The second-order valence-corrected chi connectivity index (χ2v) is 23.0. The average molecular weight is 1020 g/mol. The van der Waals surface area contributed by atoms with Gasteiger partial charge in [-0.1, -0.05) is 224 Å². The second kappa shape index (κ2) is 51.5. The molecule has 0 aromatic carbocycles. The van der Waals surface area contributed by atoms with Crippen molar-refractivity contribution in [3.63, 3.8) is 0 Å². The lowest BCUT2D eigenvalue weighted by Crippen LogP contribution is -2.47. The molecule has 0 aliphatic carbocycles. The fourth-order valence-corrected chi connectivity index (χ4v) is 9.29. The summed E-state index contributed by atoms with van der Waals surface area (Å²) in [6, 6.07) is -0.850. The number of hydrogen-bond donors (Lipinski definition) is 2. The maximum absolute atomic E-state index is 13.5. The van der Waals surface area contributed by atoms with Gasteiger partial charge < -0.3 is 19.4 Å². The fraction of sp³-hybridized carbons (Fsp3) is 0.836. The normalized spacial score (nSPS) is 14.1. The quantitative estimate of drug-likeness (QED) is 0.0205. The summed E-state index contributed by atoms with van der Waals surface area (Å²) >= 11 is 0. The van der Waals surface area contributed by atoms with E-state index in [0.29, 0.717) is 17.4 Å². The van der Waals surface area contributed by atoms with Gasteiger partial charge in [-0.3, -0.25) is 18.6 Å². The molecule has 0 spiro atoms. The largest absolute Gasteiger partial charge is 0.472 e. The summed E-state index contributed by atoms with van der Waals surface area (Å²) in [5, 5.41) is 3.05. The molecule has 0 rings (SSSR count). The van der Waals surface area contributed by atoms with Crippen molar-refractivity contribution in [1.82, 2.24) is 5.32 Å². The Kier molecular flexibility index (Phi) is 50.0. The van der Waals surface area contributed by atoms with Crippen molar-refractivity contribution in [3.05, 3.63) is 48.6 Å². The highest BCUT2D eigenvalue weighted by Gasteiger charge is 2.30. The summed E-state index contributed by atoms with van der Waals surface area (Å²) in [4.78, 5) is 37.6. The van der Waals surface area contributed by atoms with Crippen molar-refractivity contribution in [2.45, 2.75) is 290 Å². The standard InChI is InChI=1S/C61H115N2O7P/c1-7-10-13-16-19-22-25-27-29-30-31-32-34-36-39-42-45-48-51-54-61(65)70-59(52-49-46-43-40-37-24-21-18-15-12-9-3)58(57-69-71(66,67)68-56-55-63(4,5)6)62-60(64)53-50-47-44-41-38-35-33-28-26-23-20-17-14-11-8-2/h19,22-23,26-27,29,49,52,58-59H,7-18,20-21,24-25,28,30-48,50-51,53-57H2,1-6H3,(H-,62,64,66,67)/p+1/b22-19-,26-23-,29-27-,52-49+. The molecule has 3 unspecified atom stereocenters. The molecule has 0 bridgehead atoms. The minimum Gasteiger partial charge on any atom is -0.456 e. The van der Waals surface area contributed by atoms with E-state index in [1.165, 1.54) is 167 Å². The monoisotopic (exact) mass is 1020 g/mol. The van der Waals surface area contributed by atoms with Crippen LogP contribution in [-0.2, 0) is 27.9 Å². The number of hydrogen-bond acceptors (Lipinski definition) is 6. The summed E-state index contributed by atoms with van der Waals surface area (Å²) in [7, 11) is 1.49. The van der Waals surface area contributed by atoms with Gasteiger partial charge in [-0.05, 0) is 89.5 Å². The smallest absolute Gasteiger partial charge is 0.456 e. The van der Waals surface area contributed by atoms with Gasteiger partial charge >= 0.3 is 13.8 Å². The molecule has 2 N–H and O–H groups in total. The highest BCUT2D eigenvalue weighted by molar-refractivity contribution is 7.47. The summed E-state index contributed by atoms with van der Waals surface area (Å²) < 4.78 is 30.6. The average Bonchev–Trinajstić information content (AvgIpc) is 3.33. The number of allylic oxidation sites excluding steroid dienone is 7. The van der Waals surface area contributed by atoms with Crippen molar-refractivity contribution in [3.8, 4) is 0 Å². The topological polar surface area (TPSA) is 111 Å². The lowest BCUT2D eigenvalue weighted by molar-refractivity contribution is -0.870. The summed E-state index contributed by atoms with van der Waals surface area (Å²) in [5.41, 5.74) is 0. The third-order valence-electron chi connectivity index (χ3n) is 13.2. The van der Waals surface area contributed by atoms with Crippen molar-refractivity contribution in [2.24, 2.45) is 0 Å². The number of unbranched alkanes of at least 4 members (excludes halogenated alkanes) is 32. The number of quaternary nitrogens is 1. The third-order valence-corrected chi connectivity index (χ3v) is 14.2. The zero-order valence-electron chi connectivity index (χ0n) is 47.5. The number of likely N-dealkylation sites (N-methyl/N-ethyl adjacent to an activating group) is 1. The van der Waals surface area contributed by atoms with Gasteiger partial charge in [0.1, 0.15) is 19.3 Å². The molecule has 3 atom stereocenters. The number of phosphoric acid groups is 1. The number of rotatable bonds is 54. The Morgan fingerprint density at radius 1 is 0.493 bits per heavy atom. The molecule has 0 saturated heterocycles. The molecular weight excluding hydrogens is 904 g/mol. The molecule has 0 heterocycles. The molecule has 0 radical (unpaired) electrons. The molecule has 0 fully saturated rings. The molecule has 10 heteroatoms. The SMILES string of the molecule is CCCCC/C=C\C/C=C\CCCCCCCCCCCC(=O)OC(/C=C/CCCCCCCCCCC)C(COP(=O)(O)OCC[N+](C)(C)C)NC(=O)CCCCCCCCC/C=C\CCCCCC. The first-order valence-corrected chi connectivity index (χ1v) is 31.5. The Morgan fingerprint density at radius 3 is 1.32 bits per heavy atom. The van der Waals surface area contributed by atoms with Crippen molar-refractivity contribution in [2.75, 3.05) is 40.9 Å². The molecule has 71 heavy (non-hydrogen) atoms. The van der Waals surface area contributed by atoms with Gasteiger partial charge in [-0.2, -0.15) is 0 Å². The van der Waals surface area contributed by atoms with Gasteiger partial charge in [0.2, 0.25) is 5.91 Å². The Balaban J connectivity index is 5.25. The van der Waals surface area contributed by atoms with Gasteiger partial charge in [-0.15, -0.1) is 0 Å². The molecular formula is C61H116N2O7P+. The molecule has 1 amide bonds. The van der Waals surface area contributed by atoms with Crippen LogP contribution in [0.1, 0.15) is 278 Å². The van der Waals surface area contributed by atoms with Gasteiger partial charge in [0.05, 0.1) is 33.8 Å². The maximum Gasteiger partial charge on any atom is 0.472 e. The maximum atomic E-state index is 13.5. The van der Waals surface area contributed by atoms with Crippen LogP contribution in [0.2, 0.25) is 0 Å². The van der Waals surface area contributed by atoms with Crippen LogP contribution in [0.4, 0.5) is 0 Å². The highest BCUT2D eigenvalue weighted by Crippen LogP contribution is 2.43. The Hall–Kier alpha value is -2.03. The fourth-order valence-electron chi connectivity index (χ4n) is 8.55. The summed E-state index contributed by atoms with van der Waals surface area (Å²) in [6.07, 6.45) is 62.4. The number of carbonyl (C=O) groups excluding carboxylic acids is 2. The lowest BCUT2D eigenvalue weighted by atomic mass is 10.0. The predicted molar refractivity (Wildman–Crippen MR) is 305 cm³/mol. The highest BCUT2D eigenvalue weighted by atomic mass is 31.2. The third kappa shape index (κ3) is 52.6. The molecule has 0 aliphatic rings. The van der Waals surface area contributed by atoms with Crippen molar-refractivity contribution in [1.29, 1.82) is 0 Å². The van der Waals surface area contributed by atoms with Crippen LogP contribution < -0.4 is 5.32 Å². The molecule has 0 aromatic rings. The van der Waals surface area contributed by atoms with Crippen LogP contribution in [0.15, 0.2) is 48.6 Å². The number of ether oxygens (including phenoxy) is 1. The zero-order chi connectivity index (χ0) is 52.2. The first kappa shape index (κ1) is 69.0. The second-order valence-electron chi connectivity index (χ2n) is 21.5. The van der Waals surface area contributed by atoms with E-state index in [2.05, 4.69) is 62.5 Å². The van der Waals surface area contributed by atoms with Gasteiger partial charge in [0, 0.05) is 12.8 Å².